The minimum Gasteiger partial charge on any atom is -0.455 e. The molecule has 1 aliphatic rings. The molecule has 3 heteroatoms. The first-order chi connectivity index (χ1) is 16.5. The minimum atomic E-state index is -1.80. The number of aryl methyl sites for hydroxylation is 2. The fraction of sp³-hybridized carbons (Fsp3) is 0.250. The van der Waals surface area contributed by atoms with Gasteiger partial charge >= 0.3 is 0 Å². The molecule has 3 aromatic carbocycles. The van der Waals surface area contributed by atoms with E-state index < -0.39 is 18.2 Å². The van der Waals surface area contributed by atoms with Gasteiger partial charge in [0.1, 0.15) is 18.2 Å². The van der Waals surface area contributed by atoms with Crippen molar-refractivity contribution < 1.29 is 14.5 Å². The van der Waals surface area contributed by atoms with Crippen molar-refractivity contribution in [3.63, 3.8) is 0 Å². The van der Waals surface area contributed by atoms with Gasteiger partial charge in [0.25, 0.3) is 5.01 Å². The van der Waals surface area contributed by atoms with Gasteiger partial charge in [0, 0.05) is 21.8 Å². The van der Waals surface area contributed by atoms with Crippen molar-refractivity contribution in [2.75, 3.05) is 0 Å². The van der Waals surface area contributed by atoms with Gasteiger partial charge in [-0.3, -0.25) is 0 Å². The molecule has 0 radical (unpaired) electrons. The Hall–Kier alpha value is -2.91. The SMILES string of the molecule is [2H]C1([2H])c2ccc(-c3cccc4c3oc3ccc(C)c(-c5scc[n+]5C)c34)cc2C([2H])([2H])C1(C)C. The maximum absolute atomic E-state index is 8.79. The highest BCUT2D eigenvalue weighted by atomic mass is 32.1. The topological polar surface area (TPSA) is 17.0 Å². The van der Waals surface area contributed by atoms with E-state index in [1.165, 1.54) is 5.56 Å². The number of para-hydroxylation sites is 1. The molecule has 5 aromatic rings. The molecule has 2 heterocycles. The number of furan rings is 1. The van der Waals surface area contributed by atoms with Crippen LogP contribution >= 0.6 is 11.3 Å². The number of fused-ring (bicyclic) bond motifs is 4. The largest absolute Gasteiger partial charge is 0.455 e. The number of rotatable bonds is 2. The highest BCUT2D eigenvalue weighted by Gasteiger charge is 2.29. The van der Waals surface area contributed by atoms with Gasteiger partial charge in [-0.1, -0.05) is 67.6 Å². The van der Waals surface area contributed by atoms with Gasteiger partial charge in [-0.15, -0.1) is 0 Å². The van der Waals surface area contributed by atoms with Crippen LogP contribution in [0.3, 0.4) is 0 Å². The number of hydrogen-bond donors (Lipinski definition) is 0. The van der Waals surface area contributed by atoms with Gasteiger partial charge in [0.2, 0.25) is 0 Å². The zero-order valence-electron chi connectivity index (χ0n) is 22.0. The molecule has 0 atom stereocenters. The second-order valence-electron chi connectivity index (χ2n) is 8.87. The minimum absolute atomic E-state index is 0.417. The van der Waals surface area contributed by atoms with Crippen molar-refractivity contribution >= 4 is 33.3 Å². The first-order valence-electron chi connectivity index (χ1n) is 12.5. The highest BCUT2D eigenvalue weighted by molar-refractivity contribution is 7.12. The lowest BCUT2D eigenvalue weighted by Crippen LogP contribution is -2.26. The Balaban J connectivity index is 1.63. The van der Waals surface area contributed by atoms with Crippen LogP contribution in [-0.4, -0.2) is 0 Å². The van der Waals surface area contributed by atoms with E-state index >= 15 is 0 Å². The van der Waals surface area contributed by atoms with Crippen LogP contribution in [0.5, 0.6) is 0 Å². The maximum Gasteiger partial charge on any atom is 0.269 e. The van der Waals surface area contributed by atoms with Crippen molar-refractivity contribution in [2.45, 2.75) is 33.5 Å². The summed E-state index contributed by atoms with van der Waals surface area (Å²) < 4.78 is 43.4. The van der Waals surface area contributed by atoms with Gasteiger partial charge in [-0.2, -0.15) is 4.57 Å². The molecule has 0 spiro atoms. The van der Waals surface area contributed by atoms with Crippen molar-refractivity contribution in [3.05, 3.63) is 76.8 Å². The molecule has 2 nitrogen and oxygen atoms in total. The maximum atomic E-state index is 8.79. The van der Waals surface area contributed by atoms with Crippen LogP contribution in [-0.2, 0) is 19.8 Å². The Kier molecular flexibility index (Phi) is 3.16. The number of benzene rings is 3. The smallest absolute Gasteiger partial charge is 0.269 e. The van der Waals surface area contributed by atoms with Crippen LogP contribution in [0, 0.1) is 12.3 Å². The molecule has 31 heavy (non-hydrogen) atoms. The van der Waals surface area contributed by atoms with E-state index in [0.29, 0.717) is 11.1 Å². The van der Waals surface area contributed by atoms with Crippen LogP contribution in [0.4, 0.5) is 0 Å². The fourth-order valence-electron chi connectivity index (χ4n) is 4.70. The van der Waals surface area contributed by atoms with E-state index in [9.17, 15) is 0 Å². The molecule has 0 saturated heterocycles. The quantitative estimate of drug-likeness (QED) is 0.271. The number of nitrogens with zero attached hydrogens (tertiary/aromatic N) is 1. The molecular formula is C28H26NOS+. The van der Waals surface area contributed by atoms with E-state index in [1.807, 2.05) is 30.3 Å². The molecular weight excluding hydrogens is 398 g/mol. The third-order valence-corrected chi connectivity index (χ3v) is 7.07. The predicted molar refractivity (Wildman–Crippen MR) is 130 cm³/mol. The van der Waals surface area contributed by atoms with Crippen molar-refractivity contribution in [2.24, 2.45) is 12.5 Å². The molecule has 0 fully saturated rings. The normalized spacial score (nSPS) is 20.3. The van der Waals surface area contributed by atoms with Gasteiger partial charge < -0.3 is 4.42 Å². The summed E-state index contributed by atoms with van der Waals surface area (Å²) in [5, 5.41) is 5.34. The summed E-state index contributed by atoms with van der Waals surface area (Å²) in [7, 11) is 2.05. The predicted octanol–water partition coefficient (Wildman–Crippen LogP) is 7.24. The molecule has 0 saturated carbocycles. The first-order valence-corrected chi connectivity index (χ1v) is 11.4. The number of hydrogen-bond acceptors (Lipinski definition) is 2. The summed E-state index contributed by atoms with van der Waals surface area (Å²) in [5.41, 5.74) is 5.28. The Bertz CT molecular complexity index is 1660. The van der Waals surface area contributed by atoms with Crippen LogP contribution in [0.2, 0.25) is 0 Å². The van der Waals surface area contributed by atoms with Crippen molar-refractivity contribution in [1.29, 1.82) is 0 Å². The van der Waals surface area contributed by atoms with Crippen LogP contribution in [0.15, 0.2) is 64.5 Å². The summed E-state index contributed by atoms with van der Waals surface area (Å²) in [6.45, 7) is 5.46. The van der Waals surface area contributed by atoms with E-state index in [0.717, 1.165) is 43.6 Å². The average molecular weight is 429 g/mol. The van der Waals surface area contributed by atoms with E-state index in [4.69, 9.17) is 9.90 Å². The van der Waals surface area contributed by atoms with Gasteiger partial charge in [0.15, 0.2) is 6.20 Å². The van der Waals surface area contributed by atoms with Crippen molar-refractivity contribution in [3.8, 4) is 21.7 Å². The highest BCUT2D eigenvalue weighted by Crippen LogP contribution is 2.43. The molecule has 0 amide bonds. The standard InChI is InChI=1S/C28H26NOS/c1-17-8-11-23-25(24(17)27-29(4)12-13-31-27)22-7-5-6-21(26(22)30-23)18-9-10-19-15-28(2,3)16-20(19)14-18/h5-14H,15-16H2,1-4H3/q+1/i15D2,16D2. The third-order valence-electron chi connectivity index (χ3n) is 6.10. The molecule has 0 unspecified atom stereocenters. The second-order valence-corrected chi connectivity index (χ2v) is 9.76. The molecule has 0 bridgehead atoms. The summed E-state index contributed by atoms with van der Waals surface area (Å²) >= 11 is 1.70. The number of aromatic nitrogens is 1. The summed E-state index contributed by atoms with van der Waals surface area (Å²) in [6.07, 6.45) is -1.51. The van der Waals surface area contributed by atoms with E-state index in [-0.39, 0.29) is 0 Å². The zero-order chi connectivity index (χ0) is 24.9. The van der Waals surface area contributed by atoms with Crippen LogP contribution < -0.4 is 4.57 Å². The lowest BCUT2D eigenvalue weighted by Gasteiger charge is -2.14. The Labute approximate surface area is 192 Å². The molecule has 1 aliphatic carbocycles. The van der Waals surface area contributed by atoms with Crippen LogP contribution in [0.25, 0.3) is 43.6 Å². The Morgan fingerprint density at radius 1 is 1.06 bits per heavy atom. The second kappa shape index (κ2) is 6.54. The van der Waals surface area contributed by atoms with Crippen molar-refractivity contribution in [1.82, 2.24) is 0 Å². The van der Waals surface area contributed by atoms with Gasteiger partial charge in [0.05, 0.1) is 10.9 Å². The van der Waals surface area contributed by atoms with E-state index in [1.54, 1.807) is 31.3 Å². The monoisotopic (exact) mass is 428 g/mol. The number of thiazole rings is 1. The average Bonchev–Trinajstić information content (AvgIpc) is 3.43. The summed E-state index contributed by atoms with van der Waals surface area (Å²) in [5.74, 6) is 0. The summed E-state index contributed by atoms with van der Waals surface area (Å²) in [6, 6.07) is 15.6. The lowest BCUT2D eigenvalue weighted by atomic mass is 9.90. The molecule has 6 rings (SSSR count). The molecule has 0 aliphatic heterocycles. The molecule has 0 N–H and O–H groups in total. The van der Waals surface area contributed by atoms with E-state index in [2.05, 4.69) is 42.2 Å². The fourth-order valence-corrected chi connectivity index (χ4v) is 5.68. The Morgan fingerprint density at radius 3 is 2.71 bits per heavy atom. The zero-order valence-corrected chi connectivity index (χ0v) is 18.9. The summed E-state index contributed by atoms with van der Waals surface area (Å²) in [4.78, 5) is 0. The lowest BCUT2D eigenvalue weighted by molar-refractivity contribution is -0.655. The molecule has 154 valence electrons. The Morgan fingerprint density at radius 2 is 1.90 bits per heavy atom. The molecule has 2 aromatic heterocycles. The van der Waals surface area contributed by atoms with Gasteiger partial charge in [-0.25, -0.2) is 0 Å². The third kappa shape index (κ3) is 2.87. The van der Waals surface area contributed by atoms with Crippen LogP contribution in [0.1, 0.15) is 36.0 Å². The van der Waals surface area contributed by atoms with Gasteiger partial charge in [-0.05, 0) is 53.4 Å². The first kappa shape index (κ1) is 15.0.